The predicted octanol–water partition coefficient (Wildman–Crippen LogP) is 7.63. The molecule has 5 rings (SSSR count). The second-order valence-corrected chi connectivity index (χ2v) is 11.7. The van der Waals surface area contributed by atoms with Gasteiger partial charge in [0.25, 0.3) is 5.91 Å². The molecule has 1 aliphatic rings. The summed E-state index contributed by atoms with van der Waals surface area (Å²) in [4.78, 5) is 52.8. The highest BCUT2D eigenvalue weighted by atomic mass is 35.5. The summed E-state index contributed by atoms with van der Waals surface area (Å²) in [6.07, 6.45) is -1.14. The van der Waals surface area contributed by atoms with Gasteiger partial charge in [0.05, 0.1) is 23.3 Å². The van der Waals surface area contributed by atoms with Crippen LogP contribution < -0.4 is 20.3 Å². The third kappa shape index (κ3) is 7.81. The fourth-order valence-electron chi connectivity index (χ4n) is 5.21. The molecule has 4 amide bonds. The quantitative estimate of drug-likeness (QED) is 0.105. The first-order valence-corrected chi connectivity index (χ1v) is 15.4. The molecule has 0 radical (unpaired) electrons. The van der Waals surface area contributed by atoms with E-state index >= 15 is 4.39 Å². The lowest BCUT2D eigenvalue weighted by Gasteiger charge is -2.40. The van der Waals surface area contributed by atoms with Crippen molar-refractivity contribution in [2.75, 3.05) is 17.3 Å². The van der Waals surface area contributed by atoms with Gasteiger partial charge in [0.1, 0.15) is 29.9 Å². The average molecular weight is 713 g/mol. The number of halogens is 5. The van der Waals surface area contributed by atoms with Crippen molar-refractivity contribution < 1.29 is 46.2 Å². The summed E-state index contributed by atoms with van der Waals surface area (Å²) in [5, 5.41) is 4.69. The molecule has 4 aromatic rings. The fraction of sp³-hybridized carbons (Fsp3) is 0.200. The van der Waals surface area contributed by atoms with E-state index in [2.05, 4.69) is 10.6 Å². The maximum atomic E-state index is 15.3. The first-order valence-electron chi connectivity index (χ1n) is 15.0. The van der Waals surface area contributed by atoms with Gasteiger partial charge in [-0.15, -0.1) is 0 Å². The van der Waals surface area contributed by atoms with Gasteiger partial charge in [-0.2, -0.15) is 0 Å². The molecule has 0 unspecified atom stereocenters. The molecular weight excluding hydrogens is 684 g/mol. The molecular formula is C35H29ClF4N4O6. The number of amides is 4. The minimum Gasteiger partial charge on any atom is -0.429 e. The summed E-state index contributed by atoms with van der Waals surface area (Å²) in [6.45, 7) is 1.90. The van der Waals surface area contributed by atoms with Crippen LogP contribution >= 0.6 is 11.6 Å². The molecule has 10 nitrogen and oxygen atoms in total. The van der Waals surface area contributed by atoms with Gasteiger partial charge in [-0.25, -0.2) is 27.2 Å². The van der Waals surface area contributed by atoms with Gasteiger partial charge in [-0.3, -0.25) is 14.5 Å². The Bertz CT molecular complexity index is 1970. The Labute approximate surface area is 288 Å². The maximum Gasteiger partial charge on any atom is 0.514 e. The molecule has 1 aliphatic heterocycles. The molecule has 0 spiro atoms. The maximum absolute atomic E-state index is 15.3. The number of carbonyl (C=O) groups is 4. The van der Waals surface area contributed by atoms with E-state index in [0.717, 1.165) is 12.1 Å². The van der Waals surface area contributed by atoms with Gasteiger partial charge in [0, 0.05) is 55.0 Å². The van der Waals surface area contributed by atoms with E-state index in [1.165, 1.54) is 35.9 Å². The molecule has 1 atom stereocenters. The highest BCUT2D eigenvalue weighted by Crippen LogP contribution is 2.39. The van der Waals surface area contributed by atoms with Crippen molar-refractivity contribution >= 4 is 47.0 Å². The largest absolute Gasteiger partial charge is 0.514 e. The summed E-state index contributed by atoms with van der Waals surface area (Å²) in [6, 6.07) is 13.0. The molecule has 1 heterocycles. The van der Waals surface area contributed by atoms with Crippen LogP contribution in [0, 0.1) is 23.3 Å². The van der Waals surface area contributed by atoms with Crippen LogP contribution in [0.25, 0.3) is 0 Å². The van der Waals surface area contributed by atoms with Crippen molar-refractivity contribution in [1.29, 1.82) is 0 Å². The number of nitrogens with zero attached hydrogens (tertiary/aromatic N) is 2. The van der Waals surface area contributed by atoms with Crippen LogP contribution in [-0.4, -0.2) is 35.9 Å². The third-order valence-corrected chi connectivity index (χ3v) is 8.38. The second-order valence-electron chi connectivity index (χ2n) is 11.3. The smallest absolute Gasteiger partial charge is 0.429 e. The summed E-state index contributed by atoms with van der Waals surface area (Å²) < 4.78 is 67.2. The molecule has 0 fully saturated rings. The molecule has 4 aromatic carbocycles. The number of rotatable bonds is 9. The van der Waals surface area contributed by atoms with Crippen molar-refractivity contribution in [3.63, 3.8) is 0 Å². The van der Waals surface area contributed by atoms with Crippen molar-refractivity contribution in [3.8, 4) is 5.75 Å². The molecule has 0 saturated carbocycles. The number of hydrogen-bond acceptors (Lipinski definition) is 6. The number of benzene rings is 4. The van der Waals surface area contributed by atoms with Crippen LogP contribution in [0.4, 0.5) is 38.5 Å². The Morgan fingerprint density at radius 1 is 0.900 bits per heavy atom. The van der Waals surface area contributed by atoms with Crippen LogP contribution in [0.3, 0.4) is 0 Å². The Kier molecular flexibility index (Phi) is 10.6. The van der Waals surface area contributed by atoms with E-state index in [-0.39, 0.29) is 40.1 Å². The predicted molar refractivity (Wildman–Crippen MR) is 175 cm³/mol. The minimum absolute atomic E-state index is 0.0115. The van der Waals surface area contributed by atoms with Gasteiger partial charge in [-0.1, -0.05) is 29.8 Å². The van der Waals surface area contributed by atoms with Crippen LogP contribution in [0.15, 0.2) is 66.7 Å². The zero-order valence-corrected chi connectivity index (χ0v) is 27.5. The van der Waals surface area contributed by atoms with Gasteiger partial charge in [-0.05, 0) is 54.4 Å². The first-order chi connectivity index (χ1) is 23.7. The molecule has 0 aromatic heterocycles. The number of anilines is 2. The topological polar surface area (TPSA) is 117 Å². The fourth-order valence-corrected chi connectivity index (χ4v) is 5.46. The van der Waals surface area contributed by atoms with Crippen molar-refractivity contribution in [1.82, 2.24) is 10.2 Å². The number of nitrogens with one attached hydrogen (secondary N) is 2. The monoisotopic (exact) mass is 712 g/mol. The van der Waals surface area contributed by atoms with Crippen LogP contribution in [0.1, 0.15) is 52.5 Å². The average Bonchev–Trinajstić information content (AvgIpc) is 3.07. The zero-order valence-electron chi connectivity index (χ0n) is 26.8. The molecule has 15 heteroatoms. The molecule has 0 saturated heterocycles. The SMILES string of the molecule is CC(=O)Nc1ccc(COC(=O)Oc2ccc(F)c(CN3C(=O)N(C)[C@@H](C)c4ccc(C(=O)NCc5c(F)cc(F)cc5F)cc43)c2Cl)cc1. The van der Waals surface area contributed by atoms with E-state index in [9.17, 15) is 32.3 Å². The van der Waals surface area contributed by atoms with Gasteiger partial charge in [0.15, 0.2) is 5.75 Å². The van der Waals surface area contributed by atoms with Crippen LogP contribution in [0.5, 0.6) is 5.75 Å². The Hall–Kier alpha value is -5.63. The second kappa shape index (κ2) is 14.9. The lowest BCUT2D eigenvalue weighted by molar-refractivity contribution is -0.114. The molecule has 0 aliphatic carbocycles. The van der Waals surface area contributed by atoms with Crippen molar-refractivity contribution in [2.24, 2.45) is 0 Å². The highest BCUT2D eigenvalue weighted by molar-refractivity contribution is 6.33. The molecule has 260 valence electrons. The number of hydrogen-bond donors (Lipinski definition) is 2. The summed E-state index contributed by atoms with van der Waals surface area (Å²) in [7, 11) is 1.54. The molecule has 0 bridgehead atoms. The standard InChI is InChI=1S/C35H29ClF4N4O6/c1-18-24-9-6-21(33(46)41-15-25-28(39)13-22(37)14-29(25)40)12-30(24)44(34(47)43(18)3)16-26-27(38)10-11-31(32(26)36)50-35(48)49-17-20-4-7-23(8-5-20)42-19(2)45/h4-14,18H,15-17H2,1-3H3,(H,41,46)(H,42,45)/t18-/m0/s1. The molecule has 50 heavy (non-hydrogen) atoms. The van der Waals surface area contributed by atoms with Gasteiger partial charge >= 0.3 is 12.2 Å². The van der Waals surface area contributed by atoms with E-state index in [1.54, 1.807) is 37.3 Å². The first kappa shape index (κ1) is 35.7. The Morgan fingerprint density at radius 2 is 1.58 bits per heavy atom. The normalized spacial score (nSPS) is 13.8. The Morgan fingerprint density at radius 3 is 2.24 bits per heavy atom. The summed E-state index contributed by atoms with van der Waals surface area (Å²) in [5.41, 5.74) is 1.24. The third-order valence-electron chi connectivity index (χ3n) is 7.97. The van der Waals surface area contributed by atoms with Gasteiger partial charge < -0.3 is 25.0 Å². The molecule has 2 N–H and O–H groups in total. The number of ether oxygens (including phenoxy) is 2. The minimum atomic E-state index is -1.17. The number of carbonyl (C=O) groups excluding carboxylic acids is 4. The lowest BCUT2D eigenvalue weighted by Crippen LogP contribution is -2.46. The van der Waals surface area contributed by atoms with Gasteiger partial charge in [0.2, 0.25) is 5.91 Å². The number of urea groups is 1. The summed E-state index contributed by atoms with van der Waals surface area (Å²) >= 11 is 6.50. The van der Waals surface area contributed by atoms with Crippen LogP contribution in [0.2, 0.25) is 5.02 Å². The zero-order chi connectivity index (χ0) is 36.3. The van der Waals surface area contributed by atoms with E-state index < -0.39 is 66.1 Å². The summed E-state index contributed by atoms with van der Waals surface area (Å²) in [5.74, 6) is -5.50. The lowest BCUT2D eigenvalue weighted by atomic mass is 9.98. The number of fused-ring (bicyclic) bond motifs is 1. The Balaban J connectivity index is 1.34. The highest BCUT2D eigenvalue weighted by Gasteiger charge is 2.35. The van der Waals surface area contributed by atoms with Crippen LogP contribution in [-0.2, 0) is 29.2 Å². The van der Waals surface area contributed by atoms with E-state index in [4.69, 9.17) is 21.1 Å². The van der Waals surface area contributed by atoms with E-state index in [1.807, 2.05) is 0 Å². The van der Waals surface area contributed by atoms with E-state index in [0.29, 0.717) is 28.9 Å². The van der Waals surface area contributed by atoms with Crippen molar-refractivity contribution in [3.05, 3.63) is 123 Å². The van der Waals surface area contributed by atoms with Crippen molar-refractivity contribution in [2.45, 2.75) is 39.6 Å².